The molecule has 0 aliphatic heterocycles. The maximum Gasteiger partial charge on any atom is 0.326 e. The van der Waals surface area contributed by atoms with Crippen LogP contribution >= 0.6 is 0 Å². The van der Waals surface area contributed by atoms with Crippen LogP contribution < -0.4 is 37.2 Å². The molecule has 0 heterocycles. The molecule has 7 amide bonds. The van der Waals surface area contributed by atoms with E-state index in [9.17, 15) is 73.5 Å². The standard InChI is InChI=1S/C37H63N7O16/c45-18-17-38-33(55)25(20-46)43-36(58)28(23-49)42-31(52)19-39-34(56)26(21-47)44-35(57)27(22-48)41-30(51)16-15-24(37(59)60)40-29(50)13-11-9-7-5-3-1-2-4-6-8-10-12-14-32(53)54/h18,24-28,46-49H,1-17,19-23H2,(H,38,55)(H,39,56)(H,40,50)(H,41,51)(H,42,52)(H,43,58)(H,44,57)(H,53,54)(H,59,60)/t24-,25-,26-,27-,28-/m0/s1. The fraction of sp³-hybridized carbons (Fsp3) is 0.730. The third-order valence-corrected chi connectivity index (χ3v) is 8.92. The molecular formula is C37H63N7O16. The Labute approximate surface area is 347 Å². The number of hydrogen-bond acceptors (Lipinski definition) is 14. The summed E-state index contributed by atoms with van der Waals surface area (Å²) < 4.78 is 0. The summed E-state index contributed by atoms with van der Waals surface area (Å²) in [5, 5.41) is 71.3. The Bertz CT molecular complexity index is 1380. The molecule has 0 fully saturated rings. The number of aliphatic hydroxyl groups is 4. The lowest BCUT2D eigenvalue weighted by molar-refractivity contribution is -0.142. The molecule has 0 unspecified atom stereocenters. The molecule has 23 heteroatoms. The lowest BCUT2D eigenvalue weighted by Crippen LogP contribution is -2.58. The van der Waals surface area contributed by atoms with E-state index in [-0.39, 0.29) is 19.3 Å². The molecule has 0 aliphatic rings. The van der Waals surface area contributed by atoms with Gasteiger partial charge in [-0.25, -0.2) is 4.79 Å². The third-order valence-electron chi connectivity index (χ3n) is 8.92. The molecule has 23 nitrogen and oxygen atoms in total. The van der Waals surface area contributed by atoms with E-state index in [2.05, 4.69) is 37.2 Å². The molecule has 5 atom stereocenters. The van der Waals surface area contributed by atoms with Crippen molar-refractivity contribution in [2.75, 3.05) is 39.5 Å². The first-order chi connectivity index (χ1) is 28.6. The highest BCUT2D eigenvalue weighted by atomic mass is 16.4. The fourth-order valence-corrected chi connectivity index (χ4v) is 5.52. The van der Waals surface area contributed by atoms with Crippen LogP contribution in [0.4, 0.5) is 0 Å². The van der Waals surface area contributed by atoms with Crippen LogP contribution in [-0.4, -0.2) is 160 Å². The molecule has 0 aromatic heterocycles. The van der Waals surface area contributed by atoms with Gasteiger partial charge in [-0.05, 0) is 19.3 Å². The monoisotopic (exact) mass is 861 g/mol. The Morgan fingerprint density at radius 3 is 1.20 bits per heavy atom. The summed E-state index contributed by atoms with van der Waals surface area (Å²) in [5.41, 5.74) is 0. The number of hydrogen-bond donors (Lipinski definition) is 13. The Hall–Kier alpha value is -5.26. The highest BCUT2D eigenvalue weighted by Gasteiger charge is 2.29. The van der Waals surface area contributed by atoms with Crippen molar-refractivity contribution in [1.82, 2.24) is 37.2 Å². The number of rotatable bonds is 36. The van der Waals surface area contributed by atoms with E-state index in [0.29, 0.717) is 19.1 Å². The molecule has 13 N–H and O–H groups in total. The SMILES string of the molecule is O=CCNC(=O)[C@H](CO)NC(=O)[C@H](CO)NC(=O)CNC(=O)[C@H](CO)NC(=O)[C@H](CO)NC(=O)CC[C@H](NC(=O)CCCCCCCCCCCCCCC(=O)O)C(=O)O. The highest BCUT2D eigenvalue weighted by molar-refractivity contribution is 5.95. The number of carbonyl (C=O) groups excluding carboxylic acids is 8. The van der Waals surface area contributed by atoms with Crippen molar-refractivity contribution in [1.29, 1.82) is 0 Å². The molecule has 0 saturated heterocycles. The number of carboxylic acid groups (broad SMARTS) is 2. The molecule has 0 radical (unpaired) electrons. The second kappa shape index (κ2) is 33.6. The molecule has 0 spiro atoms. The van der Waals surface area contributed by atoms with Crippen molar-refractivity contribution >= 4 is 59.6 Å². The van der Waals surface area contributed by atoms with Gasteiger partial charge in [-0.1, -0.05) is 64.2 Å². The Balaban J connectivity index is 4.65. The van der Waals surface area contributed by atoms with Crippen LogP contribution in [0.25, 0.3) is 0 Å². The van der Waals surface area contributed by atoms with Gasteiger partial charge in [0.2, 0.25) is 41.4 Å². The van der Waals surface area contributed by atoms with Crippen LogP contribution in [0.5, 0.6) is 0 Å². The maximum absolute atomic E-state index is 12.7. The van der Waals surface area contributed by atoms with Gasteiger partial charge in [0, 0.05) is 19.3 Å². The minimum Gasteiger partial charge on any atom is -0.481 e. The van der Waals surface area contributed by atoms with E-state index < -0.39 is 129 Å². The minimum absolute atomic E-state index is 0.0906. The van der Waals surface area contributed by atoms with Gasteiger partial charge in [0.25, 0.3) is 0 Å². The molecule has 0 rings (SSSR count). The van der Waals surface area contributed by atoms with Gasteiger partial charge in [-0.3, -0.25) is 38.4 Å². The lowest BCUT2D eigenvalue weighted by Gasteiger charge is -2.22. The van der Waals surface area contributed by atoms with Gasteiger partial charge in [-0.2, -0.15) is 0 Å². The normalized spacial score (nSPS) is 13.3. The Morgan fingerprint density at radius 2 is 0.783 bits per heavy atom. The van der Waals surface area contributed by atoms with E-state index >= 15 is 0 Å². The van der Waals surface area contributed by atoms with Gasteiger partial charge in [0.1, 0.15) is 36.5 Å². The molecule has 342 valence electrons. The fourth-order valence-electron chi connectivity index (χ4n) is 5.52. The summed E-state index contributed by atoms with van der Waals surface area (Å²) in [4.78, 5) is 120. The van der Waals surface area contributed by atoms with Crippen molar-refractivity contribution < 1.29 is 78.6 Å². The predicted molar refractivity (Wildman–Crippen MR) is 209 cm³/mol. The molecule has 60 heavy (non-hydrogen) atoms. The number of carbonyl (C=O) groups is 10. The van der Waals surface area contributed by atoms with Crippen LogP contribution in [-0.2, 0) is 47.9 Å². The molecule has 0 aromatic rings. The van der Waals surface area contributed by atoms with E-state index in [1.807, 2.05) is 0 Å². The zero-order valence-electron chi connectivity index (χ0n) is 33.8. The van der Waals surface area contributed by atoms with Crippen LogP contribution in [0.15, 0.2) is 0 Å². The first-order valence-corrected chi connectivity index (χ1v) is 20.0. The Kier molecular flexibility index (Phi) is 30.6. The average Bonchev–Trinajstić information content (AvgIpc) is 3.22. The number of nitrogens with one attached hydrogen (secondary N) is 7. The second-order valence-corrected chi connectivity index (χ2v) is 13.9. The summed E-state index contributed by atoms with van der Waals surface area (Å²) in [5.74, 6) is -8.86. The minimum atomic E-state index is -1.71. The highest BCUT2D eigenvalue weighted by Crippen LogP contribution is 2.13. The number of aldehydes is 1. The summed E-state index contributed by atoms with van der Waals surface area (Å²) in [7, 11) is 0. The average molecular weight is 862 g/mol. The zero-order valence-corrected chi connectivity index (χ0v) is 33.8. The van der Waals surface area contributed by atoms with Crippen LogP contribution in [0.1, 0.15) is 103 Å². The molecular weight excluding hydrogens is 798 g/mol. The Morgan fingerprint density at radius 1 is 0.417 bits per heavy atom. The van der Waals surface area contributed by atoms with Gasteiger partial charge in [-0.15, -0.1) is 0 Å². The van der Waals surface area contributed by atoms with E-state index in [0.717, 1.165) is 64.2 Å². The maximum atomic E-state index is 12.7. The van der Waals surface area contributed by atoms with Crippen molar-refractivity contribution in [3.8, 4) is 0 Å². The van der Waals surface area contributed by atoms with Crippen LogP contribution in [0.2, 0.25) is 0 Å². The lowest BCUT2D eigenvalue weighted by atomic mass is 10.0. The van der Waals surface area contributed by atoms with Gasteiger partial charge in [0.15, 0.2) is 0 Å². The number of carboxylic acids is 2. The number of aliphatic carboxylic acids is 2. The largest absolute Gasteiger partial charge is 0.481 e. The predicted octanol–water partition coefficient (Wildman–Crippen LogP) is -3.78. The quantitative estimate of drug-likeness (QED) is 0.0212. The van der Waals surface area contributed by atoms with E-state index in [1.165, 1.54) is 0 Å². The number of amides is 7. The topological polar surface area (TPSA) is 376 Å². The van der Waals surface area contributed by atoms with Crippen LogP contribution in [0.3, 0.4) is 0 Å². The van der Waals surface area contributed by atoms with Gasteiger partial charge >= 0.3 is 11.9 Å². The van der Waals surface area contributed by atoms with E-state index in [4.69, 9.17) is 5.11 Å². The summed E-state index contributed by atoms with van der Waals surface area (Å²) in [6, 6.07) is -7.96. The van der Waals surface area contributed by atoms with Crippen molar-refractivity contribution in [2.24, 2.45) is 0 Å². The molecule has 0 aliphatic carbocycles. The summed E-state index contributed by atoms with van der Waals surface area (Å²) >= 11 is 0. The third kappa shape index (κ3) is 26.0. The van der Waals surface area contributed by atoms with Crippen LogP contribution in [0, 0.1) is 0 Å². The number of aliphatic hydroxyl groups excluding tert-OH is 4. The van der Waals surface area contributed by atoms with Crippen molar-refractivity contribution in [2.45, 2.75) is 133 Å². The first kappa shape index (κ1) is 54.7. The first-order valence-electron chi connectivity index (χ1n) is 20.0. The van der Waals surface area contributed by atoms with Crippen molar-refractivity contribution in [3.63, 3.8) is 0 Å². The summed E-state index contributed by atoms with van der Waals surface area (Å²) in [6.45, 7) is -5.09. The summed E-state index contributed by atoms with van der Waals surface area (Å²) in [6.07, 6.45) is 11.2. The zero-order chi connectivity index (χ0) is 45.3. The van der Waals surface area contributed by atoms with Crippen molar-refractivity contribution in [3.05, 3.63) is 0 Å². The van der Waals surface area contributed by atoms with Gasteiger partial charge in [0.05, 0.1) is 39.5 Å². The van der Waals surface area contributed by atoms with Gasteiger partial charge < -0.3 is 72.7 Å². The second-order valence-electron chi connectivity index (χ2n) is 13.9. The molecule has 0 aromatic carbocycles. The number of unbranched alkanes of at least 4 members (excludes halogenated alkanes) is 11. The molecule has 0 bridgehead atoms. The smallest absolute Gasteiger partial charge is 0.326 e. The molecule has 0 saturated carbocycles. The van der Waals surface area contributed by atoms with E-state index in [1.54, 1.807) is 0 Å².